The highest BCUT2D eigenvalue weighted by Gasteiger charge is 2.24. The van der Waals surface area contributed by atoms with Crippen molar-refractivity contribution >= 4 is 16.6 Å². The lowest BCUT2D eigenvalue weighted by molar-refractivity contribution is 0.450. The van der Waals surface area contributed by atoms with Crippen molar-refractivity contribution in [2.45, 2.75) is 38.6 Å². The number of rotatable bonds is 3. The number of pyridine rings is 1. The molecule has 0 aliphatic carbocycles. The molecule has 0 bridgehead atoms. The van der Waals surface area contributed by atoms with Gasteiger partial charge in [-0.05, 0) is 62.1 Å². The molecule has 1 unspecified atom stereocenters. The first-order valence-electron chi connectivity index (χ1n) is 9.18. The summed E-state index contributed by atoms with van der Waals surface area (Å²) in [5.74, 6) is -0.213. The zero-order chi connectivity index (χ0) is 17.2. The van der Waals surface area contributed by atoms with Crippen LogP contribution in [0.15, 0.2) is 54.6 Å². The van der Waals surface area contributed by atoms with Crippen LogP contribution in [0, 0.1) is 5.82 Å². The molecule has 1 atom stereocenters. The number of benzene rings is 2. The largest absolute Gasteiger partial charge is 0.367 e. The molecule has 4 rings (SSSR count). The van der Waals surface area contributed by atoms with E-state index in [0.29, 0.717) is 6.04 Å². The zero-order valence-corrected chi connectivity index (χ0v) is 14.6. The fourth-order valence-corrected chi connectivity index (χ4v) is 3.89. The van der Waals surface area contributed by atoms with Gasteiger partial charge < -0.3 is 4.90 Å². The van der Waals surface area contributed by atoms with Crippen LogP contribution in [0.2, 0.25) is 0 Å². The molecule has 3 heteroatoms. The monoisotopic (exact) mass is 334 g/mol. The fraction of sp³-hybridized carbons (Fsp3) is 0.318. The minimum absolute atomic E-state index is 0.213. The number of aromatic nitrogens is 1. The molecule has 1 aliphatic heterocycles. The van der Waals surface area contributed by atoms with E-state index in [9.17, 15) is 4.39 Å². The van der Waals surface area contributed by atoms with Crippen LogP contribution in [0.5, 0.6) is 0 Å². The number of anilines is 1. The average molecular weight is 334 g/mol. The van der Waals surface area contributed by atoms with Crippen LogP contribution >= 0.6 is 0 Å². The summed E-state index contributed by atoms with van der Waals surface area (Å²) in [6.07, 6.45) is 4.87. The van der Waals surface area contributed by atoms with Crippen molar-refractivity contribution in [3.8, 4) is 11.3 Å². The third-order valence-corrected chi connectivity index (χ3v) is 5.23. The van der Waals surface area contributed by atoms with Gasteiger partial charge in [0.25, 0.3) is 0 Å². The molecule has 3 aromatic rings. The van der Waals surface area contributed by atoms with Crippen molar-refractivity contribution in [3.05, 3.63) is 60.4 Å². The molecule has 2 nitrogen and oxygen atoms in total. The molecule has 2 heterocycles. The summed E-state index contributed by atoms with van der Waals surface area (Å²) in [4.78, 5) is 7.47. The smallest absolute Gasteiger partial charge is 0.123 e. The van der Waals surface area contributed by atoms with Gasteiger partial charge in [0.1, 0.15) is 5.82 Å². The van der Waals surface area contributed by atoms with Crippen molar-refractivity contribution in [1.29, 1.82) is 0 Å². The van der Waals surface area contributed by atoms with Crippen molar-refractivity contribution < 1.29 is 4.39 Å². The van der Waals surface area contributed by atoms with E-state index in [1.165, 1.54) is 37.1 Å². The number of hydrogen-bond donors (Lipinski definition) is 0. The predicted molar refractivity (Wildman–Crippen MR) is 102 cm³/mol. The van der Waals surface area contributed by atoms with E-state index in [1.807, 2.05) is 24.3 Å². The third-order valence-electron chi connectivity index (χ3n) is 5.23. The van der Waals surface area contributed by atoms with E-state index in [1.54, 1.807) is 0 Å². The highest BCUT2D eigenvalue weighted by Crippen LogP contribution is 2.36. The third kappa shape index (κ3) is 3.11. The van der Waals surface area contributed by atoms with Gasteiger partial charge in [-0.1, -0.05) is 25.1 Å². The molecular formula is C22H23FN2. The summed E-state index contributed by atoms with van der Waals surface area (Å²) < 4.78 is 13.4. The van der Waals surface area contributed by atoms with Gasteiger partial charge >= 0.3 is 0 Å². The summed E-state index contributed by atoms with van der Waals surface area (Å²) in [7, 11) is 0. The van der Waals surface area contributed by atoms with Crippen molar-refractivity contribution in [3.63, 3.8) is 0 Å². The van der Waals surface area contributed by atoms with Crippen LogP contribution in [0.4, 0.5) is 10.1 Å². The zero-order valence-electron chi connectivity index (χ0n) is 14.6. The topological polar surface area (TPSA) is 16.1 Å². The lowest BCUT2D eigenvalue weighted by Crippen LogP contribution is -2.39. The molecule has 0 N–H and O–H groups in total. The Labute approximate surface area is 148 Å². The quantitative estimate of drug-likeness (QED) is 0.601. The number of nitrogens with zero attached hydrogens (tertiary/aromatic N) is 2. The molecule has 0 spiro atoms. The average Bonchev–Trinajstić information content (AvgIpc) is 2.67. The van der Waals surface area contributed by atoms with E-state index in [0.717, 1.165) is 35.1 Å². The van der Waals surface area contributed by atoms with Crippen molar-refractivity contribution in [2.24, 2.45) is 0 Å². The Morgan fingerprint density at radius 3 is 2.68 bits per heavy atom. The summed E-state index contributed by atoms with van der Waals surface area (Å²) in [5, 5.41) is 1.16. The normalized spacial score (nSPS) is 17.8. The Morgan fingerprint density at radius 2 is 1.88 bits per heavy atom. The lowest BCUT2D eigenvalue weighted by Gasteiger charge is -2.38. The number of hydrogen-bond acceptors (Lipinski definition) is 2. The molecule has 128 valence electrons. The van der Waals surface area contributed by atoms with E-state index >= 15 is 0 Å². The molecule has 2 aromatic carbocycles. The van der Waals surface area contributed by atoms with E-state index in [-0.39, 0.29) is 5.82 Å². The second-order valence-electron chi connectivity index (χ2n) is 6.81. The Balaban J connectivity index is 1.90. The standard InChI is InChI=1S/C22H23FN2/c1-2-19-8-5-6-14-25(19)21-15-17-7-3-4-9-20(17)24-22(21)16-10-12-18(23)13-11-16/h3-4,7,9-13,15,19H,2,5-6,8,14H2,1H3. The van der Waals surface area contributed by atoms with Gasteiger partial charge in [0.2, 0.25) is 0 Å². The number of piperidine rings is 1. The van der Waals surface area contributed by atoms with Gasteiger partial charge in [-0.25, -0.2) is 9.37 Å². The second-order valence-corrected chi connectivity index (χ2v) is 6.81. The van der Waals surface area contributed by atoms with Gasteiger partial charge in [-0.15, -0.1) is 0 Å². The molecule has 0 saturated carbocycles. The van der Waals surface area contributed by atoms with Gasteiger partial charge in [0.05, 0.1) is 16.9 Å². The number of para-hydroxylation sites is 1. The highest BCUT2D eigenvalue weighted by atomic mass is 19.1. The Bertz CT molecular complexity index is 873. The Morgan fingerprint density at radius 1 is 1.08 bits per heavy atom. The van der Waals surface area contributed by atoms with Gasteiger partial charge in [0.15, 0.2) is 0 Å². The molecule has 1 aliphatic rings. The highest BCUT2D eigenvalue weighted by molar-refractivity contribution is 5.89. The van der Waals surface area contributed by atoms with Crippen LogP contribution in [0.3, 0.4) is 0 Å². The van der Waals surface area contributed by atoms with Crippen LogP contribution in [0.25, 0.3) is 22.2 Å². The SMILES string of the molecule is CCC1CCCCN1c1cc2ccccc2nc1-c1ccc(F)cc1. The minimum atomic E-state index is -0.213. The van der Waals surface area contributed by atoms with Gasteiger partial charge in [0, 0.05) is 23.5 Å². The van der Waals surface area contributed by atoms with E-state index < -0.39 is 0 Å². The molecular weight excluding hydrogens is 311 g/mol. The van der Waals surface area contributed by atoms with E-state index in [4.69, 9.17) is 4.98 Å². The lowest BCUT2D eigenvalue weighted by atomic mass is 9.97. The minimum Gasteiger partial charge on any atom is -0.367 e. The summed E-state index contributed by atoms with van der Waals surface area (Å²) in [5.41, 5.74) is 4.09. The van der Waals surface area contributed by atoms with Crippen molar-refractivity contribution in [2.75, 3.05) is 11.4 Å². The summed E-state index contributed by atoms with van der Waals surface area (Å²) in [6, 6.07) is 17.7. The number of fused-ring (bicyclic) bond motifs is 1. The maximum Gasteiger partial charge on any atom is 0.123 e. The summed E-state index contributed by atoms with van der Waals surface area (Å²) >= 11 is 0. The van der Waals surface area contributed by atoms with E-state index in [2.05, 4.69) is 30.0 Å². The number of halogens is 1. The first-order chi connectivity index (χ1) is 12.3. The molecule has 1 saturated heterocycles. The predicted octanol–water partition coefficient (Wildman–Crippen LogP) is 5.81. The maximum atomic E-state index is 13.4. The first kappa shape index (κ1) is 16.1. The van der Waals surface area contributed by atoms with Crippen molar-refractivity contribution in [1.82, 2.24) is 4.98 Å². The van der Waals surface area contributed by atoms with Gasteiger partial charge in [-0.2, -0.15) is 0 Å². The first-order valence-corrected chi connectivity index (χ1v) is 9.18. The molecule has 0 radical (unpaired) electrons. The molecule has 0 amide bonds. The fourth-order valence-electron chi connectivity index (χ4n) is 3.89. The Kier molecular flexibility index (Phi) is 4.39. The maximum absolute atomic E-state index is 13.4. The van der Waals surface area contributed by atoms with Crippen LogP contribution < -0.4 is 4.90 Å². The summed E-state index contributed by atoms with van der Waals surface area (Å²) in [6.45, 7) is 3.32. The molecule has 1 aromatic heterocycles. The molecule has 1 fully saturated rings. The van der Waals surface area contributed by atoms with Crippen LogP contribution in [-0.2, 0) is 0 Å². The second kappa shape index (κ2) is 6.83. The van der Waals surface area contributed by atoms with Crippen LogP contribution in [0.1, 0.15) is 32.6 Å². The van der Waals surface area contributed by atoms with Gasteiger partial charge in [-0.3, -0.25) is 0 Å². The Hall–Kier alpha value is -2.42. The molecule has 25 heavy (non-hydrogen) atoms. The van der Waals surface area contributed by atoms with Crippen LogP contribution in [-0.4, -0.2) is 17.6 Å².